The van der Waals surface area contributed by atoms with Gasteiger partial charge in [-0.15, -0.1) is 5.10 Å². The summed E-state index contributed by atoms with van der Waals surface area (Å²) in [6.07, 6.45) is 6.47. The fourth-order valence-corrected chi connectivity index (χ4v) is 2.76. The van der Waals surface area contributed by atoms with Crippen molar-refractivity contribution >= 4 is 5.97 Å². The molecule has 0 saturated heterocycles. The predicted octanol–water partition coefficient (Wildman–Crippen LogP) is 1.53. The molecule has 1 aliphatic rings. The van der Waals surface area contributed by atoms with Crippen LogP contribution in [0.15, 0.2) is 6.20 Å². The van der Waals surface area contributed by atoms with Crippen LogP contribution in [0.5, 0.6) is 0 Å². The summed E-state index contributed by atoms with van der Waals surface area (Å²) >= 11 is 0. The van der Waals surface area contributed by atoms with Crippen molar-refractivity contribution in [1.29, 1.82) is 0 Å². The summed E-state index contributed by atoms with van der Waals surface area (Å²) in [4.78, 5) is 10.7. The minimum absolute atomic E-state index is 0.00111. The van der Waals surface area contributed by atoms with Gasteiger partial charge in [0, 0.05) is 12.6 Å². The fraction of sp³-hybridized carbons (Fsp3) is 0.769. The maximum absolute atomic E-state index is 10.7. The van der Waals surface area contributed by atoms with E-state index in [4.69, 9.17) is 5.11 Å². The van der Waals surface area contributed by atoms with Crippen LogP contribution in [0.1, 0.15) is 50.0 Å². The van der Waals surface area contributed by atoms with Crippen molar-refractivity contribution in [3.05, 3.63) is 11.9 Å². The number of hydrogen-bond donors (Lipinski definition) is 2. The Morgan fingerprint density at radius 2 is 2.42 bits per heavy atom. The zero-order valence-corrected chi connectivity index (χ0v) is 11.6. The molecule has 0 bridgehead atoms. The van der Waals surface area contributed by atoms with Gasteiger partial charge in [0.1, 0.15) is 0 Å². The molecule has 0 aromatic carbocycles. The van der Waals surface area contributed by atoms with Gasteiger partial charge in [0.2, 0.25) is 0 Å². The summed E-state index contributed by atoms with van der Waals surface area (Å²) in [5.74, 6) is -1.03. The van der Waals surface area contributed by atoms with E-state index in [0.717, 1.165) is 6.54 Å². The van der Waals surface area contributed by atoms with Crippen molar-refractivity contribution < 1.29 is 9.90 Å². The van der Waals surface area contributed by atoms with Gasteiger partial charge in [0.25, 0.3) is 0 Å². The van der Waals surface area contributed by atoms with Gasteiger partial charge in [-0.25, -0.2) is 4.79 Å². The molecule has 1 fully saturated rings. The molecule has 1 atom stereocenters. The van der Waals surface area contributed by atoms with E-state index in [0.29, 0.717) is 18.0 Å². The average Bonchev–Trinajstić information content (AvgIpc) is 2.76. The second-order valence-corrected chi connectivity index (χ2v) is 6.08. The van der Waals surface area contributed by atoms with E-state index in [1.807, 2.05) is 0 Å². The zero-order valence-electron chi connectivity index (χ0n) is 11.6. The van der Waals surface area contributed by atoms with Crippen LogP contribution < -0.4 is 5.32 Å². The molecule has 1 saturated carbocycles. The molecule has 0 aliphatic heterocycles. The molecule has 1 aromatic heterocycles. The lowest BCUT2D eigenvalue weighted by molar-refractivity contribution is 0.0690. The van der Waals surface area contributed by atoms with Crippen LogP contribution in [0.2, 0.25) is 0 Å². The molecule has 19 heavy (non-hydrogen) atoms. The summed E-state index contributed by atoms with van der Waals surface area (Å²) in [6.45, 7) is 6.08. The summed E-state index contributed by atoms with van der Waals surface area (Å²) < 4.78 is 1.57. The van der Waals surface area contributed by atoms with Crippen LogP contribution in [-0.4, -0.2) is 38.7 Å². The third-order valence-electron chi connectivity index (χ3n) is 3.74. The van der Waals surface area contributed by atoms with Crippen LogP contribution in [0.3, 0.4) is 0 Å². The highest BCUT2D eigenvalue weighted by Crippen LogP contribution is 2.34. The molecule has 6 nitrogen and oxygen atoms in total. The normalized spacial score (nSPS) is 22.3. The number of nitrogens with zero attached hydrogens (tertiary/aromatic N) is 3. The largest absolute Gasteiger partial charge is 0.476 e. The van der Waals surface area contributed by atoms with Gasteiger partial charge >= 0.3 is 5.97 Å². The van der Waals surface area contributed by atoms with Crippen LogP contribution in [0, 0.1) is 5.41 Å². The Kier molecular flexibility index (Phi) is 4.19. The maximum Gasteiger partial charge on any atom is 0.358 e. The van der Waals surface area contributed by atoms with E-state index in [9.17, 15) is 4.79 Å². The van der Waals surface area contributed by atoms with E-state index in [1.165, 1.54) is 31.9 Å². The molecule has 1 aliphatic carbocycles. The van der Waals surface area contributed by atoms with Crippen molar-refractivity contribution in [2.45, 2.75) is 52.1 Å². The Bertz CT molecular complexity index is 442. The van der Waals surface area contributed by atoms with Crippen molar-refractivity contribution in [3.8, 4) is 0 Å². The molecule has 1 heterocycles. The molecule has 106 valence electrons. The van der Waals surface area contributed by atoms with E-state index >= 15 is 0 Å². The van der Waals surface area contributed by atoms with Crippen LogP contribution >= 0.6 is 0 Å². The molecule has 2 rings (SSSR count). The summed E-state index contributed by atoms with van der Waals surface area (Å²) in [7, 11) is 0. The summed E-state index contributed by atoms with van der Waals surface area (Å²) in [5, 5.41) is 19.7. The smallest absolute Gasteiger partial charge is 0.358 e. The van der Waals surface area contributed by atoms with Crippen LogP contribution in [0.4, 0.5) is 0 Å². The zero-order chi connectivity index (χ0) is 13.9. The third-order valence-corrected chi connectivity index (χ3v) is 3.74. The molecular formula is C13H22N4O2. The van der Waals surface area contributed by atoms with E-state index in [2.05, 4.69) is 29.5 Å². The first kappa shape index (κ1) is 14.0. The summed E-state index contributed by atoms with van der Waals surface area (Å²) in [6, 6.07) is 0.561. The first-order valence-electron chi connectivity index (χ1n) is 6.83. The van der Waals surface area contributed by atoms with E-state index < -0.39 is 5.97 Å². The lowest BCUT2D eigenvalue weighted by Crippen LogP contribution is -2.38. The predicted molar refractivity (Wildman–Crippen MR) is 71.0 cm³/mol. The number of nitrogens with one attached hydrogen (secondary N) is 1. The second-order valence-electron chi connectivity index (χ2n) is 6.08. The molecule has 0 spiro atoms. The Morgan fingerprint density at radius 1 is 1.63 bits per heavy atom. The van der Waals surface area contributed by atoms with Gasteiger partial charge in [0.15, 0.2) is 5.69 Å². The van der Waals surface area contributed by atoms with Crippen molar-refractivity contribution in [2.75, 3.05) is 6.54 Å². The number of hydrogen-bond acceptors (Lipinski definition) is 4. The fourth-order valence-electron chi connectivity index (χ4n) is 2.76. The number of carbonyl (C=O) groups is 1. The monoisotopic (exact) mass is 266 g/mol. The van der Waals surface area contributed by atoms with Gasteiger partial charge in [-0.3, -0.25) is 4.68 Å². The Morgan fingerprint density at radius 3 is 3.05 bits per heavy atom. The quantitative estimate of drug-likeness (QED) is 0.845. The number of carboxylic acid groups (broad SMARTS) is 1. The van der Waals surface area contributed by atoms with Crippen LogP contribution in [0.25, 0.3) is 0 Å². The van der Waals surface area contributed by atoms with Gasteiger partial charge in [-0.2, -0.15) is 0 Å². The number of rotatable bonds is 5. The molecule has 6 heteroatoms. The molecular weight excluding hydrogens is 244 g/mol. The Labute approximate surface area is 113 Å². The highest BCUT2D eigenvalue weighted by Gasteiger charge is 2.27. The average molecular weight is 266 g/mol. The van der Waals surface area contributed by atoms with E-state index in [-0.39, 0.29) is 5.69 Å². The molecule has 1 aromatic rings. The molecule has 0 radical (unpaired) electrons. The van der Waals surface area contributed by atoms with Crippen LogP contribution in [-0.2, 0) is 6.54 Å². The lowest BCUT2D eigenvalue weighted by atomic mass is 9.75. The highest BCUT2D eigenvalue weighted by atomic mass is 16.4. The number of aromatic nitrogens is 3. The minimum Gasteiger partial charge on any atom is -0.476 e. The SMILES string of the molecule is CC1(C)CCCC(NCCn2cc(C(=O)O)nn2)C1. The van der Waals surface area contributed by atoms with Gasteiger partial charge in [0.05, 0.1) is 12.7 Å². The van der Waals surface area contributed by atoms with Gasteiger partial charge in [-0.1, -0.05) is 25.5 Å². The Hall–Kier alpha value is -1.43. The molecule has 1 unspecified atom stereocenters. The highest BCUT2D eigenvalue weighted by molar-refractivity contribution is 5.84. The van der Waals surface area contributed by atoms with Crippen molar-refractivity contribution in [1.82, 2.24) is 20.3 Å². The minimum atomic E-state index is -1.03. The van der Waals surface area contributed by atoms with Crippen molar-refractivity contribution in [2.24, 2.45) is 5.41 Å². The topological polar surface area (TPSA) is 80.0 Å². The number of aromatic carboxylic acids is 1. The summed E-state index contributed by atoms with van der Waals surface area (Å²) in [5.41, 5.74) is 0.429. The lowest BCUT2D eigenvalue weighted by Gasteiger charge is -2.35. The van der Waals surface area contributed by atoms with Gasteiger partial charge in [-0.05, 0) is 24.7 Å². The van der Waals surface area contributed by atoms with Gasteiger partial charge < -0.3 is 10.4 Å². The number of carboxylic acids is 1. The standard InChI is InChI=1S/C13H22N4O2/c1-13(2)5-3-4-10(8-13)14-6-7-17-9-11(12(18)19)15-16-17/h9-10,14H,3-8H2,1-2H3,(H,18,19). The maximum atomic E-state index is 10.7. The first-order valence-corrected chi connectivity index (χ1v) is 6.83. The molecule has 0 amide bonds. The third kappa shape index (κ3) is 4.02. The molecule has 2 N–H and O–H groups in total. The van der Waals surface area contributed by atoms with Crippen molar-refractivity contribution in [3.63, 3.8) is 0 Å². The second kappa shape index (κ2) is 5.69. The first-order chi connectivity index (χ1) is 8.96. The Balaban J connectivity index is 1.75. The van der Waals surface area contributed by atoms with E-state index in [1.54, 1.807) is 4.68 Å².